The van der Waals surface area contributed by atoms with Crippen LogP contribution in [0.4, 0.5) is 4.79 Å². The molecular weight excluding hydrogens is 290 g/mol. The molecule has 2 aromatic heterocycles. The molecule has 2 rings (SSSR count). The van der Waals surface area contributed by atoms with E-state index in [0.717, 1.165) is 0 Å². The molecule has 0 aromatic carbocycles. The van der Waals surface area contributed by atoms with Gasteiger partial charge in [0.2, 0.25) is 0 Å². The number of furan rings is 1. The second-order valence-electron chi connectivity index (χ2n) is 5.12. The van der Waals surface area contributed by atoms with Crippen molar-refractivity contribution in [3.8, 4) is 0 Å². The van der Waals surface area contributed by atoms with Crippen molar-refractivity contribution < 1.29 is 28.2 Å². The first-order valence-corrected chi connectivity index (χ1v) is 7.12. The van der Waals surface area contributed by atoms with Gasteiger partial charge in [-0.15, -0.1) is 0 Å². The van der Waals surface area contributed by atoms with Crippen LogP contribution in [0.1, 0.15) is 37.7 Å². The third kappa shape index (κ3) is 3.81. The first-order valence-electron chi connectivity index (χ1n) is 7.12. The molecule has 2 heterocycles. The molecular formula is C15H19NO6. The molecule has 0 saturated heterocycles. The zero-order valence-corrected chi connectivity index (χ0v) is 12.8. The van der Waals surface area contributed by atoms with Gasteiger partial charge in [-0.05, 0) is 6.42 Å². The Balaban J connectivity index is 1.99. The van der Waals surface area contributed by atoms with Crippen LogP contribution in [-0.2, 0) is 14.2 Å². The summed E-state index contributed by atoms with van der Waals surface area (Å²) in [6.45, 7) is 5.66. The number of aromatic nitrogens is 1. The summed E-state index contributed by atoms with van der Waals surface area (Å²) in [6.07, 6.45) is 0.322. The molecule has 0 aliphatic rings. The minimum Gasteiger partial charge on any atom is -0.463 e. The third-order valence-electron chi connectivity index (χ3n) is 2.86. The lowest BCUT2D eigenvalue weighted by Crippen LogP contribution is -2.30. The molecule has 1 atom stereocenters. The third-order valence-corrected chi connectivity index (χ3v) is 2.86. The molecule has 0 aliphatic carbocycles. The number of hydrogen-bond donors (Lipinski definition) is 1. The fourth-order valence-electron chi connectivity index (χ4n) is 1.74. The zero-order chi connectivity index (χ0) is 16.1. The van der Waals surface area contributed by atoms with Crippen LogP contribution in [0.15, 0.2) is 22.8 Å². The van der Waals surface area contributed by atoms with E-state index in [9.17, 15) is 9.59 Å². The van der Waals surface area contributed by atoms with Gasteiger partial charge in [-0.2, -0.15) is 0 Å². The van der Waals surface area contributed by atoms with E-state index in [2.05, 4.69) is 4.98 Å². The maximum atomic E-state index is 12.1. The highest BCUT2D eigenvalue weighted by molar-refractivity contribution is 5.93. The van der Waals surface area contributed by atoms with Crippen molar-refractivity contribution in [1.82, 2.24) is 4.98 Å². The van der Waals surface area contributed by atoms with Gasteiger partial charge in [-0.3, -0.25) is 0 Å². The summed E-state index contributed by atoms with van der Waals surface area (Å²) in [5.74, 6) is -0.843. The van der Waals surface area contributed by atoms with E-state index in [1.54, 1.807) is 19.9 Å². The lowest BCUT2D eigenvalue weighted by atomic mass is 10.2. The maximum Gasteiger partial charge on any atom is 0.511 e. The molecule has 7 nitrogen and oxygen atoms in total. The van der Waals surface area contributed by atoms with Crippen molar-refractivity contribution in [3.63, 3.8) is 0 Å². The summed E-state index contributed by atoms with van der Waals surface area (Å²) in [5, 5.41) is 0. The van der Waals surface area contributed by atoms with Crippen LogP contribution in [0.5, 0.6) is 0 Å². The molecule has 0 fully saturated rings. The van der Waals surface area contributed by atoms with Gasteiger partial charge in [-0.25, -0.2) is 9.59 Å². The summed E-state index contributed by atoms with van der Waals surface area (Å²) in [7, 11) is 0. The topological polar surface area (TPSA) is 90.8 Å². The van der Waals surface area contributed by atoms with Crippen molar-refractivity contribution in [2.45, 2.75) is 33.5 Å². The number of hydrogen-bond acceptors (Lipinski definition) is 6. The maximum absolute atomic E-state index is 12.1. The number of rotatable bonds is 6. The normalized spacial score (nSPS) is 12.4. The highest BCUT2D eigenvalue weighted by Gasteiger charge is 2.25. The van der Waals surface area contributed by atoms with E-state index in [1.807, 2.05) is 6.92 Å². The van der Waals surface area contributed by atoms with Crippen molar-refractivity contribution in [2.24, 2.45) is 5.92 Å². The fourth-order valence-corrected chi connectivity index (χ4v) is 1.74. The van der Waals surface area contributed by atoms with Crippen molar-refractivity contribution >= 4 is 23.2 Å². The minimum absolute atomic E-state index is 0.212. The minimum atomic E-state index is -1.02. The lowest BCUT2D eigenvalue weighted by Gasteiger charge is -2.20. The van der Waals surface area contributed by atoms with E-state index in [4.69, 9.17) is 18.6 Å². The number of nitrogens with one attached hydrogen (secondary N) is 1. The molecule has 0 spiro atoms. The van der Waals surface area contributed by atoms with Gasteiger partial charge in [-0.1, -0.05) is 20.8 Å². The first-order chi connectivity index (χ1) is 10.5. The number of H-pyrrole nitrogens is 1. The summed E-state index contributed by atoms with van der Waals surface area (Å²) in [6, 6.07) is 3.23. The lowest BCUT2D eigenvalue weighted by molar-refractivity contribution is -0.114. The molecule has 0 aliphatic heterocycles. The number of aromatic amines is 1. The van der Waals surface area contributed by atoms with Crippen LogP contribution in [0.25, 0.3) is 11.1 Å². The SMILES string of the molecule is CCCOC(=O)OC(OC(=O)c1cc2occc2[nH]1)C(C)C. The van der Waals surface area contributed by atoms with Crippen LogP contribution >= 0.6 is 0 Å². The molecule has 0 amide bonds. The largest absolute Gasteiger partial charge is 0.511 e. The van der Waals surface area contributed by atoms with E-state index >= 15 is 0 Å². The summed E-state index contributed by atoms with van der Waals surface area (Å²) < 4.78 is 20.2. The molecule has 1 N–H and O–H groups in total. The Labute approximate surface area is 127 Å². The Bertz CT molecular complexity index is 613. The van der Waals surface area contributed by atoms with E-state index < -0.39 is 18.4 Å². The highest BCUT2D eigenvalue weighted by atomic mass is 16.8. The van der Waals surface area contributed by atoms with Gasteiger partial charge in [0, 0.05) is 18.1 Å². The molecule has 22 heavy (non-hydrogen) atoms. The van der Waals surface area contributed by atoms with Gasteiger partial charge in [0.25, 0.3) is 6.29 Å². The Morgan fingerprint density at radius 3 is 2.73 bits per heavy atom. The Morgan fingerprint density at radius 1 is 1.32 bits per heavy atom. The average molecular weight is 309 g/mol. The van der Waals surface area contributed by atoms with Crippen LogP contribution in [0.2, 0.25) is 0 Å². The number of fused-ring (bicyclic) bond motifs is 1. The summed E-state index contributed by atoms with van der Waals surface area (Å²) in [5.41, 5.74) is 1.47. The van der Waals surface area contributed by atoms with E-state index in [0.29, 0.717) is 17.5 Å². The average Bonchev–Trinajstić information content (AvgIpc) is 3.05. The predicted octanol–water partition coefficient (Wildman–Crippen LogP) is 3.46. The monoisotopic (exact) mass is 309 g/mol. The second kappa shape index (κ2) is 7.02. The van der Waals surface area contributed by atoms with E-state index in [1.165, 1.54) is 12.3 Å². The molecule has 1 unspecified atom stereocenters. The van der Waals surface area contributed by atoms with Crippen LogP contribution < -0.4 is 0 Å². The van der Waals surface area contributed by atoms with Crippen molar-refractivity contribution in [1.29, 1.82) is 0 Å². The highest BCUT2D eigenvalue weighted by Crippen LogP contribution is 2.18. The van der Waals surface area contributed by atoms with Crippen LogP contribution in [0.3, 0.4) is 0 Å². The molecule has 120 valence electrons. The van der Waals surface area contributed by atoms with Crippen LogP contribution in [-0.4, -0.2) is 30.0 Å². The molecule has 0 bridgehead atoms. The molecule has 2 aromatic rings. The van der Waals surface area contributed by atoms with Gasteiger partial charge in [0.1, 0.15) is 5.69 Å². The first kappa shape index (κ1) is 15.9. The van der Waals surface area contributed by atoms with Crippen molar-refractivity contribution in [2.75, 3.05) is 6.61 Å². The van der Waals surface area contributed by atoms with Gasteiger partial charge in [0.05, 0.1) is 18.4 Å². The number of ether oxygens (including phenoxy) is 3. The number of esters is 1. The Hall–Kier alpha value is -2.44. The quantitative estimate of drug-likeness (QED) is 0.649. The molecule has 7 heteroatoms. The Morgan fingerprint density at radius 2 is 2.09 bits per heavy atom. The summed E-state index contributed by atoms with van der Waals surface area (Å²) in [4.78, 5) is 26.4. The molecule has 0 saturated carbocycles. The van der Waals surface area contributed by atoms with Gasteiger partial charge < -0.3 is 23.6 Å². The molecule has 0 radical (unpaired) electrons. The van der Waals surface area contributed by atoms with Gasteiger partial charge in [0.15, 0.2) is 5.58 Å². The number of carbonyl (C=O) groups excluding carboxylic acids is 2. The Kier molecular flexibility index (Phi) is 5.08. The van der Waals surface area contributed by atoms with Gasteiger partial charge >= 0.3 is 12.1 Å². The zero-order valence-electron chi connectivity index (χ0n) is 12.8. The van der Waals surface area contributed by atoms with Crippen LogP contribution in [0, 0.1) is 5.92 Å². The standard InChI is InChI=1S/C15H19NO6/c1-4-6-20-15(18)22-14(9(2)3)21-13(17)11-8-12-10(16-11)5-7-19-12/h5,7-9,14,16H,4,6H2,1-3H3. The van der Waals surface area contributed by atoms with Crippen molar-refractivity contribution in [3.05, 3.63) is 24.1 Å². The second-order valence-corrected chi connectivity index (χ2v) is 5.12. The smallest absolute Gasteiger partial charge is 0.463 e. The predicted molar refractivity (Wildman–Crippen MR) is 77.3 cm³/mol. The van der Waals surface area contributed by atoms with E-state index in [-0.39, 0.29) is 18.2 Å². The summed E-state index contributed by atoms with van der Waals surface area (Å²) >= 11 is 0. The number of carbonyl (C=O) groups is 2. The fraction of sp³-hybridized carbons (Fsp3) is 0.467.